The van der Waals surface area contributed by atoms with Gasteiger partial charge in [-0.3, -0.25) is 0 Å². The Hall–Kier alpha value is -0.910. The summed E-state index contributed by atoms with van der Waals surface area (Å²) in [5.74, 6) is 0. The average molecular weight is 271 g/mol. The second kappa shape index (κ2) is 5.82. The number of aliphatic hydroxyl groups excluding tert-OH is 1. The van der Waals surface area contributed by atoms with Crippen LogP contribution in [0.5, 0.6) is 0 Å². The maximum Gasteiger partial charge on any atom is 0.240 e. The Morgan fingerprint density at radius 2 is 1.83 bits per heavy atom. The maximum atomic E-state index is 12.1. The van der Waals surface area contributed by atoms with E-state index in [4.69, 9.17) is 5.11 Å². The highest BCUT2D eigenvalue weighted by Gasteiger charge is 2.18. The number of aliphatic hydroxyl groups is 1. The first-order valence-corrected chi connectivity index (χ1v) is 7.43. The lowest BCUT2D eigenvalue weighted by Crippen LogP contribution is -2.28. The lowest BCUT2D eigenvalue weighted by atomic mass is 9.93. The molecule has 18 heavy (non-hydrogen) atoms. The van der Waals surface area contributed by atoms with Gasteiger partial charge in [0.2, 0.25) is 10.0 Å². The summed E-state index contributed by atoms with van der Waals surface area (Å²) in [6, 6.07) is 6.47. The van der Waals surface area contributed by atoms with E-state index < -0.39 is 10.0 Å². The molecule has 0 aliphatic rings. The first kappa shape index (κ1) is 15.1. The van der Waals surface area contributed by atoms with Crippen LogP contribution in [0.1, 0.15) is 32.8 Å². The summed E-state index contributed by atoms with van der Waals surface area (Å²) in [7, 11) is -3.54. The lowest BCUT2D eigenvalue weighted by molar-refractivity contribution is 0.278. The van der Waals surface area contributed by atoms with E-state index in [9.17, 15) is 8.42 Å². The fourth-order valence-electron chi connectivity index (χ4n) is 1.53. The van der Waals surface area contributed by atoms with Gasteiger partial charge in [0.05, 0.1) is 11.5 Å². The van der Waals surface area contributed by atoms with Crippen molar-refractivity contribution in [2.75, 3.05) is 6.54 Å². The molecule has 0 aliphatic heterocycles. The van der Waals surface area contributed by atoms with Crippen molar-refractivity contribution in [3.63, 3.8) is 0 Å². The molecule has 0 unspecified atom stereocenters. The molecule has 102 valence electrons. The second-order valence-corrected chi connectivity index (χ2v) is 7.21. The highest BCUT2D eigenvalue weighted by Crippen LogP contribution is 2.19. The van der Waals surface area contributed by atoms with E-state index in [2.05, 4.69) is 25.5 Å². The first-order chi connectivity index (χ1) is 8.26. The molecule has 0 fully saturated rings. The van der Waals surface area contributed by atoms with Crippen LogP contribution in [0.3, 0.4) is 0 Å². The SMILES string of the molecule is CC(C)(C)CCNS(=O)(=O)c1ccccc1CO. The molecule has 0 radical (unpaired) electrons. The van der Waals surface area contributed by atoms with Crippen molar-refractivity contribution >= 4 is 10.0 Å². The van der Waals surface area contributed by atoms with Crippen molar-refractivity contribution in [3.05, 3.63) is 29.8 Å². The summed E-state index contributed by atoms with van der Waals surface area (Å²) < 4.78 is 26.7. The van der Waals surface area contributed by atoms with Gasteiger partial charge in [-0.1, -0.05) is 39.0 Å². The molecule has 0 bridgehead atoms. The minimum absolute atomic E-state index is 0.0824. The van der Waals surface area contributed by atoms with Gasteiger partial charge in [-0.05, 0) is 23.5 Å². The van der Waals surface area contributed by atoms with Crippen LogP contribution in [0.15, 0.2) is 29.2 Å². The Morgan fingerprint density at radius 3 is 2.39 bits per heavy atom. The molecule has 4 nitrogen and oxygen atoms in total. The molecule has 1 aromatic carbocycles. The Labute approximate surface area is 109 Å². The monoisotopic (exact) mass is 271 g/mol. The predicted octanol–water partition coefficient (Wildman–Crippen LogP) is 1.89. The van der Waals surface area contributed by atoms with Gasteiger partial charge >= 0.3 is 0 Å². The zero-order chi connectivity index (χ0) is 13.8. The van der Waals surface area contributed by atoms with Gasteiger partial charge in [0.25, 0.3) is 0 Å². The van der Waals surface area contributed by atoms with Crippen LogP contribution in [-0.4, -0.2) is 20.1 Å². The van der Waals surface area contributed by atoms with Gasteiger partial charge in [-0.15, -0.1) is 0 Å². The molecule has 0 heterocycles. The number of nitrogens with one attached hydrogen (secondary N) is 1. The summed E-state index contributed by atoms with van der Waals surface area (Å²) in [6.07, 6.45) is 0.757. The third-order valence-electron chi connectivity index (χ3n) is 2.60. The molecular weight excluding hydrogens is 250 g/mol. The second-order valence-electron chi connectivity index (χ2n) is 5.47. The molecule has 0 aromatic heterocycles. The zero-order valence-corrected chi connectivity index (χ0v) is 11.9. The van der Waals surface area contributed by atoms with Gasteiger partial charge < -0.3 is 5.11 Å². The fourth-order valence-corrected chi connectivity index (χ4v) is 2.80. The summed E-state index contributed by atoms with van der Waals surface area (Å²) in [4.78, 5) is 0.154. The van der Waals surface area contributed by atoms with E-state index in [1.807, 2.05) is 0 Å². The van der Waals surface area contributed by atoms with Crippen LogP contribution in [-0.2, 0) is 16.6 Å². The molecule has 0 aliphatic carbocycles. The van der Waals surface area contributed by atoms with Crippen molar-refractivity contribution in [1.82, 2.24) is 4.72 Å². The molecule has 1 aromatic rings. The molecule has 0 amide bonds. The molecule has 5 heteroatoms. The molecular formula is C13H21NO3S. The van der Waals surface area contributed by atoms with E-state index in [1.165, 1.54) is 6.07 Å². The fraction of sp³-hybridized carbons (Fsp3) is 0.538. The summed E-state index contributed by atoms with van der Waals surface area (Å²) in [5, 5.41) is 9.14. The number of rotatable bonds is 5. The third-order valence-corrected chi connectivity index (χ3v) is 4.16. The van der Waals surface area contributed by atoms with Gasteiger partial charge in [0.15, 0.2) is 0 Å². The first-order valence-electron chi connectivity index (χ1n) is 5.95. The minimum Gasteiger partial charge on any atom is -0.392 e. The van der Waals surface area contributed by atoms with Crippen LogP contribution >= 0.6 is 0 Å². The van der Waals surface area contributed by atoms with E-state index in [0.717, 1.165) is 6.42 Å². The normalized spacial score (nSPS) is 12.7. The van der Waals surface area contributed by atoms with E-state index >= 15 is 0 Å². The van der Waals surface area contributed by atoms with Crippen LogP contribution in [0.4, 0.5) is 0 Å². The van der Waals surface area contributed by atoms with E-state index in [-0.39, 0.29) is 16.9 Å². The van der Waals surface area contributed by atoms with Gasteiger partial charge in [0.1, 0.15) is 0 Å². The number of hydrogen-bond donors (Lipinski definition) is 2. The largest absolute Gasteiger partial charge is 0.392 e. The average Bonchev–Trinajstić information content (AvgIpc) is 2.27. The smallest absolute Gasteiger partial charge is 0.240 e. The third kappa shape index (κ3) is 4.40. The summed E-state index contributed by atoms with van der Waals surface area (Å²) in [6.45, 7) is 6.29. The Bertz CT molecular complexity index is 489. The standard InChI is InChI=1S/C13H21NO3S/c1-13(2,3)8-9-14-18(16,17)12-7-5-4-6-11(12)10-15/h4-7,14-15H,8-10H2,1-3H3. The molecule has 2 N–H and O–H groups in total. The highest BCUT2D eigenvalue weighted by atomic mass is 32.2. The van der Waals surface area contributed by atoms with E-state index in [0.29, 0.717) is 12.1 Å². The number of hydrogen-bond acceptors (Lipinski definition) is 3. The van der Waals surface area contributed by atoms with Gasteiger partial charge in [-0.2, -0.15) is 0 Å². The molecule has 1 rings (SSSR count). The topological polar surface area (TPSA) is 66.4 Å². The van der Waals surface area contributed by atoms with Gasteiger partial charge in [-0.25, -0.2) is 13.1 Å². The van der Waals surface area contributed by atoms with Crippen molar-refractivity contribution < 1.29 is 13.5 Å². The summed E-state index contributed by atoms with van der Waals surface area (Å²) in [5.41, 5.74) is 0.500. The number of benzene rings is 1. The quantitative estimate of drug-likeness (QED) is 0.859. The summed E-state index contributed by atoms with van der Waals surface area (Å²) >= 11 is 0. The van der Waals surface area contributed by atoms with E-state index in [1.54, 1.807) is 18.2 Å². The predicted molar refractivity (Wildman–Crippen MR) is 71.6 cm³/mol. The van der Waals surface area contributed by atoms with Crippen LogP contribution in [0.2, 0.25) is 0 Å². The lowest BCUT2D eigenvalue weighted by Gasteiger charge is -2.18. The van der Waals surface area contributed by atoms with Crippen LogP contribution < -0.4 is 4.72 Å². The van der Waals surface area contributed by atoms with Crippen molar-refractivity contribution in [2.24, 2.45) is 5.41 Å². The Balaban J connectivity index is 2.81. The van der Waals surface area contributed by atoms with Crippen molar-refractivity contribution in [3.8, 4) is 0 Å². The molecule has 0 atom stereocenters. The maximum absolute atomic E-state index is 12.1. The van der Waals surface area contributed by atoms with Crippen molar-refractivity contribution in [2.45, 2.75) is 38.7 Å². The Morgan fingerprint density at radius 1 is 1.22 bits per heavy atom. The van der Waals surface area contributed by atoms with Crippen molar-refractivity contribution in [1.29, 1.82) is 0 Å². The minimum atomic E-state index is -3.54. The molecule has 0 saturated heterocycles. The highest BCUT2D eigenvalue weighted by molar-refractivity contribution is 7.89. The van der Waals surface area contributed by atoms with Crippen LogP contribution in [0.25, 0.3) is 0 Å². The zero-order valence-electron chi connectivity index (χ0n) is 11.1. The molecule has 0 saturated carbocycles. The Kier molecular flexibility index (Phi) is 4.90. The van der Waals surface area contributed by atoms with Gasteiger partial charge in [0, 0.05) is 6.54 Å². The number of sulfonamides is 1. The van der Waals surface area contributed by atoms with Crippen LogP contribution in [0, 0.1) is 5.41 Å². The molecule has 0 spiro atoms.